The van der Waals surface area contributed by atoms with Crippen LogP contribution in [0.3, 0.4) is 0 Å². The van der Waals surface area contributed by atoms with Crippen molar-refractivity contribution < 1.29 is 19.1 Å². The second kappa shape index (κ2) is 11.2. The Labute approximate surface area is 224 Å². The highest BCUT2D eigenvalue weighted by molar-refractivity contribution is 7.13. The van der Waals surface area contributed by atoms with Gasteiger partial charge in [-0.2, -0.15) is 0 Å². The molecule has 1 aliphatic heterocycles. The Bertz CT molecular complexity index is 1110. The Morgan fingerprint density at radius 2 is 1.73 bits per heavy atom. The fourth-order valence-corrected chi connectivity index (χ4v) is 5.25. The first-order valence-electron chi connectivity index (χ1n) is 12.8. The molecule has 0 radical (unpaired) electrons. The monoisotopic (exact) mass is 528 g/mol. The molecular formula is C28H40N4O4S. The summed E-state index contributed by atoms with van der Waals surface area (Å²) >= 11 is 1.60. The number of aryl methyl sites for hydroxylation is 1. The molecule has 0 saturated carbocycles. The molecule has 0 bridgehead atoms. The van der Waals surface area contributed by atoms with Gasteiger partial charge >= 0.3 is 6.09 Å². The first-order valence-corrected chi connectivity index (χ1v) is 13.7. The highest BCUT2D eigenvalue weighted by Crippen LogP contribution is 2.29. The lowest BCUT2D eigenvalue weighted by Gasteiger charge is -2.36. The molecule has 8 nitrogen and oxygen atoms in total. The quantitative estimate of drug-likeness (QED) is 0.535. The molecule has 0 aliphatic carbocycles. The summed E-state index contributed by atoms with van der Waals surface area (Å²) < 4.78 is 5.39. The highest BCUT2D eigenvalue weighted by atomic mass is 32.1. The number of carbonyl (C=O) groups is 3. The van der Waals surface area contributed by atoms with Crippen LogP contribution < -0.4 is 10.6 Å². The number of benzene rings is 1. The molecule has 3 rings (SSSR count). The Morgan fingerprint density at radius 3 is 2.27 bits per heavy atom. The number of alkyl carbamates (subject to hydrolysis) is 1. The Balaban J connectivity index is 1.69. The number of amides is 3. The van der Waals surface area contributed by atoms with Gasteiger partial charge in [0, 0.05) is 6.54 Å². The third-order valence-electron chi connectivity index (χ3n) is 6.39. The number of ether oxygens (including phenoxy) is 1. The number of nitrogens with one attached hydrogen (secondary N) is 2. The lowest BCUT2D eigenvalue weighted by atomic mass is 9.85. The van der Waals surface area contributed by atoms with Gasteiger partial charge in [0.25, 0.3) is 0 Å². The third-order valence-corrected chi connectivity index (χ3v) is 7.37. The van der Waals surface area contributed by atoms with Gasteiger partial charge in [-0.3, -0.25) is 9.59 Å². The zero-order valence-corrected chi connectivity index (χ0v) is 24.0. The van der Waals surface area contributed by atoms with Crippen molar-refractivity contribution in [3.05, 3.63) is 41.0 Å². The van der Waals surface area contributed by atoms with Crippen molar-refractivity contribution in [2.24, 2.45) is 5.41 Å². The average Bonchev–Trinajstić information content (AvgIpc) is 3.44. The molecule has 37 heavy (non-hydrogen) atoms. The van der Waals surface area contributed by atoms with Crippen molar-refractivity contribution >= 4 is 29.2 Å². The lowest BCUT2D eigenvalue weighted by molar-refractivity contribution is -0.142. The van der Waals surface area contributed by atoms with Crippen LogP contribution in [0.25, 0.3) is 10.4 Å². The third kappa shape index (κ3) is 7.31. The molecule has 1 aromatic heterocycles. The number of rotatable bonds is 6. The molecule has 2 N–H and O–H groups in total. The maximum absolute atomic E-state index is 13.6. The molecule has 1 fully saturated rings. The molecule has 1 aliphatic rings. The molecular weight excluding hydrogens is 488 g/mol. The number of hydrogen-bond acceptors (Lipinski definition) is 6. The van der Waals surface area contributed by atoms with E-state index in [0.717, 1.165) is 28.1 Å². The number of aromatic nitrogens is 1. The van der Waals surface area contributed by atoms with E-state index in [0.29, 0.717) is 13.0 Å². The predicted octanol–water partition coefficient (Wildman–Crippen LogP) is 5.23. The molecule has 3 unspecified atom stereocenters. The normalized spacial score (nSPS) is 17.7. The van der Waals surface area contributed by atoms with Gasteiger partial charge in [-0.05, 0) is 64.0 Å². The zero-order valence-electron chi connectivity index (χ0n) is 23.2. The predicted molar refractivity (Wildman–Crippen MR) is 146 cm³/mol. The van der Waals surface area contributed by atoms with Crippen LogP contribution in [0.2, 0.25) is 0 Å². The van der Waals surface area contributed by atoms with Crippen LogP contribution >= 0.6 is 11.3 Å². The van der Waals surface area contributed by atoms with E-state index in [-0.39, 0.29) is 17.9 Å². The second-order valence-electron chi connectivity index (χ2n) is 11.8. The molecule has 3 atom stereocenters. The number of nitrogens with zero attached hydrogens (tertiary/aromatic N) is 2. The minimum absolute atomic E-state index is 0.189. The summed E-state index contributed by atoms with van der Waals surface area (Å²) in [4.78, 5) is 46.4. The largest absolute Gasteiger partial charge is 0.444 e. The fourth-order valence-electron chi connectivity index (χ4n) is 4.44. The van der Waals surface area contributed by atoms with E-state index in [1.54, 1.807) is 37.0 Å². The SMILES string of the molecule is Cc1ncsc1-c1ccc(C(C)NC(=O)C2CCCN2C(=O)C(NC(=O)OC(C)(C)C)C(C)(C)C)cc1. The molecule has 3 amide bonds. The summed E-state index contributed by atoms with van der Waals surface area (Å²) in [7, 11) is 0. The zero-order chi connectivity index (χ0) is 27.5. The van der Waals surface area contributed by atoms with Crippen molar-refractivity contribution in [3.8, 4) is 10.4 Å². The minimum atomic E-state index is -0.823. The molecule has 2 heterocycles. The van der Waals surface area contributed by atoms with Gasteiger partial charge in [0.15, 0.2) is 0 Å². The van der Waals surface area contributed by atoms with Crippen LogP contribution in [0.4, 0.5) is 4.79 Å². The number of hydrogen-bond donors (Lipinski definition) is 2. The maximum Gasteiger partial charge on any atom is 0.408 e. The van der Waals surface area contributed by atoms with E-state index in [1.807, 2.05) is 64.4 Å². The summed E-state index contributed by atoms with van der Waals surface area (Å²) in [6.45, 7) is 15.4. The van der Waals surface area contributed by atoms with Crippen molar-refractivity contribution in [2.75, 3.05) is 6.54 Å². The van der Waals surface area contributed by atoms with Crippen molar-refractivity contribution in [2.45, 2.75) is 92.0 Å². The van der Waals surface area contributed by atoms with E-state index in [1.165, 1.54) is 0 Å². The molecule has 2 aromatic rings. The van der Waals surface area contributed by atoms with Crippen LogP contribution in [0.15, 0.2) is 29.8 Å². The maximum atomic E-state index is 13.6. The Kier molecular flexibility index (Phi) is 8.67. The summed E-state index contributed by atoms with van der Waals surface area (Å²) in [5.74, 6) is -0.460. The summed E-state index contributed by atoms with van der Waals surface area (Å²) in [5, 5.41) is 5.83. The topological polar surface area (TPSA) is 101 Å². The van der Waals surface area contributed by atoms with Gasteiger partial charge in [0.2, 0.25) is 11.8 Å². The standard InChI is InChI=1S/C28H40N4O4S/c1-17(19-11-13-20(14-12-19)22-18(2)29-16-37-22)30-24(33)21-10-9-15-32(21)25(34)23(27(3,4)5)31-26(35)36-28(6,7)8/h11-14,16-17,21,23H,9-10,15H2,1-8H3,(H,30,33)(H,31,35). The molecule has 1 saturated heterocycles. The van der Waals surface area contributed by atoms with E-state index >= 15 is 0 Å². The highest BCUT2D eigenvalue weighted by Gasteiger charge is 2.42. The van der Waals surface area contributed by atoms with E-state index in [2.05, 4.69) is 15.6 Å². The van der Waals surface area contributed by atoms with Gasteiger partial charge in [0.05, 0.1) is 22.1 Å². The lowest BCUT2D eigenvalue weighted by Crippen LogP contribution is -2.58. The fraction of sp³-hybridized carbons (Fsp3) is 0.571. The van der Waals surface area contributed by atoms with Gasteiger partial charge in [-0.1, -0.05) is 45.0 Å². The van der Waals surface area contributed by atoms with Crippen LogP contribution in [-0.2, 0) is 14.3 Å². The van der Waals surface area contributed by atoms with E-state index in [9.17, 15) is 14.4 Å². The van der Waals surface area contributed by atoms with Crippen molar-refractivity contribution in [1.82, 2.24) is 20.5 Å². The van der Waals surface area contributed by atoms with E-state index < -0.39 is 29.2 Å². The van der Waals surface area contributed by atoms with E-state index in [4.69, 9.17) is 4.74 Å². The van der Waals surface area contributed by atoms with Gasteiger partial charge in [-0.25, -0.2) is 9.78 Å². The van der Waals surface area contributed by atoms with Crippen molar-refractivity contribution in [3.63, 3.8) is 0 Å². The molecule has 0 spiro atoms. The smallest absolute Gasteiger partial charge is 0.408 e. The number of thiazole rings is 1. The first kappa shape index (κ1) is 28.6. The average molecular weight is 529 g/mol. The van der Waals surface area contributed by atoms with Gasteiger partial charge in [-0.15, -0.1) is 11.3 Å². The van der Waals surface area contributed by atoms with Crippen LogP contribution in [-0.4, -0.2) is 52.0 Å². The van der Waals surface area contributed by atoms with Gasteiger partial charge < -0.3 is 20.3 Å². The number of likely N-dealkylation sites (tertiary alicyclic amines) is 1. The van der Waals surface area contributed by atoms with Crippen molar-refractivity contribution in [1.29, 1.82) is 0 Å². The molecule has 202 valence electrons. The first-order chi connectivity index (χ1) is 17.2. The van der Waals surface area contributed by atoms with Crippen LogP contribution in [0.1, 0.15) is 78.6 Å². The summed E-state index contributed by atoms with van der Waals surface area (Å²) in [5.41, 5.74) is 3.67. The van der Waals surface area contributed by atoms with Crippen LogP contribution in [0, 0.1) is 12.3 Å². The van der Waals surface area contributed by atoms with Crippen LogP contribution in [0.5, 0.6) is 0 Å². The Morgan fingerprint density at radius 1 is 1.08 bits per heavy atom. The number of carbonyl (C=O) groups excluding carboxylic acids is 3. The molecule has 9 heteroatoms. The summed E-state index contributed by atoms with van der Waals surface area (Å²) in [6.07, 6.45) is 0.660. The second-order valence-corrected chi connectivity index (χ2v) is 12.6. The Hall–Kier alpha value is -2.94. The molecule has 1 aromatic carbocycles. The summed E-state index contributed by atoms with van der Waals surface area (Å²) in [6, 6.07) is 6.48. The minimum Gasteiger partial charge on any atom is -0.444 e. The van der Waals surface area contributed by atoms with Gasteiger partial charge in [0.1, 0.15) is 17.7 Å².